The number of carbonyl (C=O) groups is 1. The van der Waals surface area contributed by atoms with Gasteiger partial charge in [-0.1, -0.05) is 59.8 Å². The molecule has 5 heteroatoms. The molecule has 0 aliphatic heterocycles. The average Bonchev–Trinajstić information content (AvgIpc) is 2.63. The normalized spacial score (nSPS) is 10.7. The van der Waals surface area contributed by atoms with Crippen LogP contribution in [0.4, 0.5) is 5.69 Å². The Balaban J connectivity index is 1.70. The van der Waals surface area contributed by atoms with Crippen molar-refractivity contribution < 1.29 is 4.79 Å². The van der Waals surface area contributed by atoms with Gasteiger partial charge in [-0.3, -0.25) is 4.79 Å². The van der Waals surface area contributed by atoms with Gasteiger partial charge < -0.3 is 5.32 Å². The standard InChI is InChI=1S/C22H23N3OS/c1-14-10-15(2)21(16(3)11-14)24-19(26)13-27-20-12-17(4)23-22(25-20)18-8-6-5-7-9-18/h5-12H,13H2,1-4H3,(H,24,26). The van der Waals surface area contributed by atoms with Gasteiger partial charge in [-0.05, 0) is 44.9 Å². The van der Waals surface area contributed by atoms with Crippen molar-refractivity contribution in [1.29, 1.82) is 0 Å². The SMILES string of the molecule is Cc1cc(C)c(NC(=O)CSc2cc(C)nc(-c3ccccc3)n2)c(C)c1. The molecule has 0 atom stereocenters. The molecule has 0 saturated carbocycles. The fourth-order valence-corrected chi connectivity index (χ4v) is 3.78. The largest absolute Gasteiger partial charge is 0.325 e. The molecule has 138 valence electrons. The summed E-state index contributed by atoms with van der Waals surface area (Å²) in [4.78, 5) is 21.5. The van der Waals surface area contributed by atoms with Crippen LogP contribution in [0.1, 0.15) is 22.4 Å². The minimum Gasteiger partial charge on any atom is -0.325 e. The number of rotatable bonds is 5. The van der Waals surface area contributed by atoms with Crippen molar-refractivity contribution in [3.8, 4) is 11.4 Å². The number of nitrogens with zero attached hydrogens (tertiary/aromatic N) is 2. The molecule has 0 spiro atoms. The Morgan fingerprint density at radius 3 is 2.30 bits per heavy atom. The minimum atomic E-state index is -0.0346. The van der Waals surface area contributed by atoms with Crippen LogP contribution in [-0.4, -0.2) is 21.6 Å². The topological polar surface area (TPSA) is 54.9 Å². The van der Waals surface area contributed by atoms with Crippen molar-refractivity contribution >= 4 is 23.4 Å². The van der Waals surface area contributed by atoms with Crippen molar-refractivity contribution in [1.82, 2.24) is 9.97 Å². The molecule has 0 aliphatic carbocycles. The lowest BCUT2D eigenvalue weighted by Gasteiger charge is -2.13. The zero-order chi connectivity index (χ0) is 19.4. The van der Waals surface area contributed by atoms with E-state index in [0.717, 1.165) is 33.1 Å². The molecule has 1 aromatic heterocycles. The number of amides is 1. The van der Waals surface area contributed by atoms with Gasteiger partial charge in [0.2, 0.25) is 5.91 Å². The monoisotopic (exact) mass is 377 g/mol. The molecule has 0 saturated heterocycles. The van der Waals surface area contributed by atoms with Gasteiger partial charge in [-0.2, -0.15) is 0 Å². The first-order chi connectivity index (χ1) is 12.9. The first kappa shape index (κ1) is 19.1. The Morgan fingerprint density at radius 2 is 1.63 bits per heavy atom. The van der Waals surface area contributed by atoms with Crippen LogP contribution in [-0.2, 0) is 4.79 Å². The summed E-state index contributed by atoms with van der Waals surface area (Å²) in [6.45, 7) is 8.03. The number of anilines is 1. The fraction of sp³-hybridized carbons (Fsp3) is 0.227. The predicted octanol–water partition coefficient (Wildman–Crippen LogP) is 5.11. The van der Waals surface area contributed by atoms with Crippen molar-refractivity contribution in [2.75, 3.05) is 11.1 Å². The average molecular weight is 378 g/mol. The van der Waals surface area contributed by atoms with Crippen LogP contribution in [0.3, 0.4) is 0 Å². The summed E-state index contributed by atoms with van der Waals surface area (Å²) in [5.74, 6) is 0.952. The van der Waals surface area contributed by atoms with E-state index in [-0.39, 0.29) is 5.91 Å². The molecule has 0 radical (unpaired) electrons. The highest BCUT2D eigenvalue weighted by atomic mass is 32.2. The van der Waals surface area contributed by atoms with Crippen LogP contribution in [0, 0.1) is 27.7 Å². The Hall–Kier alpha value is -2.66. The summed E-state index contributed by atoms with van der Waals surface area (Å²) >= 11 is 1.42. The summed E-state index contributed by atoms with van der Waals surface area (Å²) in [6.07, 6.45) is 0. The van der Waals surface area contributed by atoms with Gasteiger partial charge >= 0.3 is 0 Å². The molecule has 1 heterocycles. The molecule has 2 aromatic carbocycles. The minimum absolute atomic E-state index is 0.0346. The second-order valence-corrected chi connectivity index (χ2v) is 7.64. The van der Waals surface area contributed by atoms with Crippen molar-refractivity contribution in [3.63, 3.8) is 0 Å². The van der Waals surface area contributed by atoms with E-state index in [1.54, 1.807) is 0 Å². The summed E-state index contributed by atoms with van der Waals surface area (Å²) < 4.78 is 0. The summed E-state index contributed by atoms with van der Waals surface area (Å²) in [7, 11) is 0. The van der Waals surface area contributed by atoms with Gasteiger partial charge in [-0.25, -0.2) is 9.97 Å². The molecule has 0 aliphatic rings. The molecular weight excluding hydrogens is 354 g/mol. The summed E-state index contributed by atoms with van der Waals surface area (Å²) in [5, 5.41) is 3.83. The van der Waals surface area contributed by atoms with Gasteiger partial charge in [0.05, 0.1) is 5.75 Å². The van der Waals surface area contributed by atoms with Gasteiger partial charge in [0.15, 0.2) is 5.82 Å². The maximum absolute atomic E-state index is 12.4. The molecule has 27 heavy (non-hydrogen) atoms. The predicted molar refractivity (Wildman–Crippen MR) is 112 cm³/mol. The quantitative estimate of drug-likeness (QED) is 0.496. The van der Waals surface area contributed by atoms with Crippen LogP contribution in [0.5, 0.6) is 0 Å². The van der Waals surface area contributed by atoms with Crippen LogP contribution >= 0.6 is 11.8 Å². The van der Waals surface area contributed by atoms with Crippen LogP contribution in [0.2, 0.25) is 0 Å². The van der Waals surface area contributed by atoms with Gasteiger partial charge in [0.25, 0.3) is 0 Å². The van der Waals surface area contributed by atoms with E-state index in [2.05, 4.69) is 34.3 Å². The lowest BCUT2D eigenvalue weighted by molar-refractivity contribution is -0.113. The molecule has 0 unspecified atom stereocenters. The fourth-order valence-electron chi connectivity index (χ4n) is 3.02. The number of aryl methyl sites for hydroxylation is 4. The van der Waals surface area contributed by atoms with Gasteiger partial charge in [0, 0.05) is 16.9 Å². The van der Waals surface area contributed by atoms with E-state index in [4.69, 9.17) is 0 Å². The summed E-state index contributed by atoms with van der Waals surface area (Å²) in [5.41, 5.74) is 6.11. The highest BCUT2D eigenvalue weighted by Gasteiger charge is 2.11. The van der Waals surface area contributed by atoms with Crippen molar-refractivity contribution in [2.24, 2.45) is 0 Å². The van der Waals surface area contributed by atoms with Crippen LogP contribution in [0.25, 0.3) is 11.4 Å². The maximum atomic E-state index is 12.4. The third-order valence-corrected chi connectivity index (χ3v) is 5.07. The van der Waals surface area contributed by atoms with Crippen molar-refractivity contribution in [2.45, 2.75) is 32.7 Å². The smallest absolute Gasteiger partial charge is 0.234 e. The number of hydrogen-bond donors (Lipinski definition) is 1. The number of nitrogens with one attached hydrogen (secondary N) is 1. The maximum Gasteiger partial charge on any atom is 0.234 e. The Bertz CT molecular complexity index is 948. The third-order valence-electron chi connectivity index (χ3n) is 4.16. The lowest BCUT2D eigenvalue weighted by Crippen LogP contribution is -2.16. The molecule has 0 bridgehead atoms. The molecular formula is C22H23N3OS. The molecule has 3 rings (SSSR count). The van der Waals surface area contributed by atoms with Gasteiger partial charge in [-0.15, -0.1) is 0 Å². The Labute approximate surface area is 164 Å². The van der Waals surface area contributed by atoms with E-state index in [0.29, 0.717) is 11.6 Å². The second kappa shape index (κ2) is 8.35. The number of aromatic nitrogens is 2. The molecule has 1 N–H and O–H groups in total. The second-order valence-electron chi connectivity index (χ2n) is 6.65. The Morgan fingerprint density at radius 1 is 0.963 bits per heavy atom. The highest BCUT2D eigenvalue weighted by Crippen LogP contribution is 2.24. The Kier molecular flexibility index (Phi) is 5.91. The van der Waals surface area contributed by atoms with E-state index in [1.165, 1.54) is 17.3 Å². The van der Waals surface area contributed by atoms with E-state index in [9.17, 15) is 4.79 Å². The van der Waals surface area contributed by atoms with E-state index in [1.807, 2.05) is 57.2 Å². The first-order valence-corrected chi connectivity index (χ1v) is 9.82. The lowest BCUT2D eigenvalue weighted by atomic mass is 10.1. The third kappa shape index (κ3) is 4.95. The molecule has 4 nitrogen and oxygen atoms in total. The van der Waals surface area contributed by atoms with E-state index >= 15 is 0 Å². The number of thioether (sulfide) groups is 1. The molecule has 1 amide bonds. The zero-order valence-electron chi connectivity index (χ0n) is 16.0. The van der Waals surface area contributed by atoms with E-state index < -0.39 is 0 Å². The first-order valence-electron chi connectivity index (χ1n) is 8.84. The van der Waals surface area contributed by atoms with Crippen LogP contribution in [0.15, 0.2) is 53.6 Å². The molecule has 3 aromatic rings. The molecule has 0 fully saturated rings. The van der Waals surface area contributed by atoms with Gasteiger partial charge in [0.1, 0.15) is 5.03 Å². The number of benzene rings is 2. The number of hydrogen-bond acceptors (Lipinski definition) is 4. The highest BCUT2D eigenvalue weighted by molar-refractivity contribution is 7.99. The van der Waals surface area contributed by atoms with Crippen LogP contribution < -0.4 is 5.32 Å². The summed E-state index contributed by atoms with van der Waals surface area (Å²) in [6, 6.07) is 15.9. The van der Waals surface area contributed by atoms with Crippen molar-refractivity contribution in [3.05, 3.63) is 70.9 Å². The number of carbonyl (C=O) groups excluding carboxylic acids is 1. The zero-order valence-corrected chi connectivity index (χ0v) is 16.9.